The van der Waals surface area contributed by atoms with Crippen molar-refractivity contribution in [2.75, 3.05) is 19.6 Å². The number of benzene rings is 1. The lowest BCUT2D eigenvalue weighted by molar-refractivity contribution is -0.918. The number of aromatic hydroxyl groups is 1. The predicted molar refractivity (Wildman–Crippen MR) is 98.0 cm³/mol. The quantitative estimate of drug-likeness (QED) is 0.371. The molecule has 1 aliphatic heterocycles. The third-order valence-corrected chi connectivity index (χ3v) is 4.40. The lowest BCUT2D eigenvalue weighted by Crippen LogP contribution is -3.11. The van der Waals surface area contributed by atoms with Crippen molar-refractivity contribution in [2.24, 2.45) is 5.10 Å². The highest BCUT2D eigenvalue weighted by molar-refractivity contribution is 7.80. The van der Waals surface area contributed by atoms with Crippen LogP contribution in [0.5, 0.6) is 5.75 Å². The highest BCUT2D eigenvalue weighted by atomic mass is 32.1. The van der Waals surface area contributed by atoms with Crippen molar-refractivity contribution in [2.45, 2.75) is 39.7 Å². The molecule has 1 aromatic rings. The Bertz CT molecular complexity index is 568. The minimum atomic E-state index is 0.371. The molecule has 1 aromatic carbocycles. The van der Waals surface area contributed by atoms with Crippen LogP contribution in [0.15, 0.2) is 23.3 Å². The van der Waals surface area contributed by atoms with E-state index >= 15 is 0 Å². The van der Waals surface area contributed by atoms with E-state index in [1.165, 1.54) is 32.4 Å². The molecular weight excluding hydrogens is 308 g/mol. The van der Waals surface area contributed by atoms with Gasteiger partial charge in [0.25, 0.3) is 0 Å². The van der Waals surface area contributed by atoms with Gasteiger partial charge in [-0.2, -0.15) is 5.10 Å². The van der Waals surface area contributed by atoms with E-state index in [2.05, 4.69) is 15.8 Å². The number of likely N-dealkylation sites (tertiary alicyclic amines) is 1. The lowest BCUT2D eigenvalue weighted by Gasteiger charge is -2.24. The molecule has 1 heterocycles. The Hall–Kier alpha value is -1.66. The molecule has 23 heavy (non-hydrogen) atoms. The third-order valence-electron chi connectivity index (χ3n) is 4.16. The first-order valence-corrected chi connectivity index (χ1v) is 8.75. The Morgan fingerprint density at radius 1 is 1.30 bits per heavy atom. The van der Waals surface area contributed by atoms with Gasteiger partial charge in [-0.25, -0.2) is 0 Å². The van der Waals surface area contributed by atoms with Crippen LogP contribution in [0.2, 0.25) is 0 Å². The monoisotopic (exact) mass is 335 g/mol. The molecule has 0 radical (unpaired) electrons. The smallest absolute Gasteiger partial charge is 0.186 e. The summed E-state index contributed by atoms with van der Waals surface area (Å²) >= 11 is 5.10. The molecule has 0 bridgehead atoms. The summed E-state index contributed by atoms with van der Waals surface area (Å²) in [6, 6.07) is 5.69. The van der Waals surface area contributed by atoms with Gasteiger partial charge in [-0.05, 0) is 69.1 Å². The number of piperidine rings is 1. The van der Waals surface area contributed by atoms with Gasteiger partial charge >= 0.3 is 0 Å². The highest BCUT2D eigenvalue weighted by Gasteiger charge is 2.16. The molecule has 6 heteroatoms. The van der Waals surface area contributed by atoms with Crippen LogP contribution < -0.4 is 15.6 Å². The molecule has 5 nitrogen and oxygen atoms in total. The fraction of sp³-hybridized carbons (Fsp3) is 0.529. The van der Waals surface area contributed by atoms with Gasteiger partial charge in [-0.1, -0.05) is 0 Å². The first-order valence-electron chi connectivity index (χ1n) is 8.34. The van der Waals surface area contributed by atoms with Crippen LogP contribution in [-0.2, 0) is 6.54 Å². The minimum Gasteiger partial charge on any atom is -0.507 e. The van der Waals surface area contributed by atoms with E-state index in [0.717, 1.165) is 29.9 Å². The summed E-state index contributed by atoms with van der Waals surface area (Å²) in [5, 5.41) is 18.0. The number of nitrogens with zero attached hydrogens (tertiary/aromatic N) is 1. The number of hydrazone groups is 1. The summed E-state index contributed by atoms with van der Waals surface area (Å²) in [4.78, 5) is 1.55. The Labute approximate surface area is 143 Å². The van der Waals surface area contributed by atoms with Crippen LogP contribution in [0.4, 0.5) is 0 Å². The Morgan fingerprint density at radius 3 is 2.74 bits per heavy atom. The molecule has 1 aliphatic rings. The van der Waals surface area contributed by atoms with Crippen molar-refractivity contribution >= 4 is 23.0 Å². The molecule has 1 saturated heterocycles. The topological polar surface area (TPSA) is 61.1 Å². The molecule has 0 saturated carbocycles. The Morgan fingerprint density at radius 2 is 2.04 bits per heavy atom. The van der Waals surface area contributed by atoms with Gasteiger partial charge in [-0.3, -0.25) is 5.43 Å². The Balaban J connectivity index is 2.06. The summed E-state index contributed by atoms with van der Waals surface area (Å²) in [6.45, 7) is 7.94. The number of phenols is 1. The van der Waals surface area contributed by atoms with Crippen LogP contribution in [0, 0.1) is 0 Å². The maximum Gasteiger partial charge on any atom is 0.186 e. The number of thiocarbonyl (C=S) groups is 1. The number of rotatable bonds is 5. The van der Waals surface area contributed by atoms with Crippen molar-refractivity contribution in [1.29, 1.82) is 0 Å². The molecule has 0 atom stereocenters. The van der Waals surface area contributed by atoms with Crippen molar-refractivity contribution in [1.82, 2.24) is 10.7 Å². The van der Waals surface area contributed by atoms with Gasteiger partial charge in [0, 0.05) is 12.1 Å². The predicted octanol–water partition coefficient (Wildman–Crippen LogP) is 1.17. The van der Waals surface area contributed by atoms with Crippen LogP contribution in [-0.4, -0.2) is 35.6 Å². The molecule has 126 valence electrons. The van der Waals surface area contributed by atoms with E-state index in [0.29, 0.717) is 10.9 Å². The second-order valence-electron chi connectivity index (χ2n) is 6.00. The first-order chi connectivity index (χ1) is 11.1. The third kappa shape index (κ3) is 5.48. The molecule has 0 amide bonds. The zero-order valence-corrected chi connectivity index (χ0v) is 14.8. The average Bonchev–Trinajstić information content (AvgIpc) is 2.56. The van der Waals surface area contributed by atoms with E-state index in [-0.39, 0.29) is 0 Å². The molecule has 0 unspecified atom stereocenters. The van der Waals surface area contributed by atoms with Crippen molar-refractivity contribution < 1.29 is 10.0 Å². The van der Waals surface area contributed by atoms with Crippen molar-refractivity contribution in [3.63, 3.8) is 0 Å². The largest absolute Gasteiger partial charge is 0.507 e. The van der Waals surface area contributed by atoms with Crippen LogP contribution in [0.1, 0.15) is 44.2 Å². The summed E-state index contributed by atoms with van der Waals surface area (Å²) in [5.41, 5.74) is 5.68. The second-order valence-corrected chi connectivity index (χ2v) is 6.41. The zero-order chi connectivity index (χ0) is 16.7. The van der Waals surface area contributed by atoms with Crippen molar-refractivity contribution in [3.8, 4) is 5.75 Å². The normalized spacial score (nSPS) is 16.2. The average molecular weight is 335 g/mol. The van der Waals surface area contributed by atoms with E-state index in [9.17, 15) is 5.11 Å². The maximum absolute atomic E-state index is 10.1. The van der Waals surface area contributed by atoms with Gasteiger partial charge in [-0.15, -0.1) is 0 Å². The van der Waals surface area contributed by atoms with Crippen LogP contribution in [0.3, 0.4) is 0 Å². The summed E-state index contributed by atoms with van der Waals surface area (Å²) < 4.78 is 0. The van der Waals surface area contributed by atoms with Crippen LogP contribution >= 0.6 is 12.2 Å². The second kappa shape index (κ2) is 8.84. The highest BCUT2D eigenvalue weighted by Crippen LogP contribution is 2.18. The molecule has 4 N–H and O–H groups in total. The first kappa shape index (κ1) is 17.7. The van der Waals surface area contributed by atoms with E-state index in [4.69, 9.17) is 12.2 Å². The van der Waals surface area contributed by atoms with Crippen LogP contribution in [0.25, 0.3) is 0 Å². The van der Waals surface area contributed by atoms with E-state index in [1.54, 1.807) is 11.0 Å². The minimum absolute atomic E-state index is 0.371. The number of quaternary nitrogens is 1. The molecule has 0 aromatic heterocycles. The fourth-order valence-electron chi connectivity index (χ4n) is 2.85. The Kier molecular flexibility index (Phi) is 6.80. The molecular formula is C17H27N4OS+. The summed E-state index contributed by atoms with van der Waals surface area (Å²) in [6.07, 6.45) is 3.89. The van der Waals surface area contributed by atoms with Gasteiger partial charge < -0.3 is 15.3 Å². The molecule has 0 aliphatic carbocycles. The number of hydrogen-bond acceptors (Lipinski definition) is 3. The van der Waals surface area contributed by atoms with E-state index < -0.39 is 0 Å². The lowest BCUT2D eigenvalue weighted by atomic mass is 10.0. The standard InChI is InChI=1S/C17H26N4OS/c1-3-18-17(23)20-19-13(2)14-7-8-16(22)15(11-14)12-21-9-5-4-6-10-21/h7-8,11,22H,3-6,9-10,12H2,1-2H3,(H2,18,20,23)/p+1/b19-13+. The summed E-state index contributed by atoms with van der Waals surface area (Å²) in [5.74, 6) is 0.371. The maximum atomic E-state index is 10.1. The zero-order valence-electron chi connectivity index (χ0n) is 14.0. The molecule has 2 rings (SSSR count). The molecule has 1 fully saturated rings. The van der Waals surface area contributed by atoms with E-state index in [1.807, 2.05) is 26.0 Å². The number of hydrogen-bond donors (Lipinski definition) is 4. The van der Waals surface area contributed by atoms with Gasteiger partial charge in [0.2, 0.25) is 0 Å². The summed E-state index contributed by atoms with van der Waals surface area (Å²) in [7, 11) is 0. The fourth-order valence-corrected chi connectivity index (χ4v) is 3.04. The van der Waals surface area contributed by atoms with Gasteiger partial charge in [0.15, 0.2) is 5.11 Å². The van der Waals surface area contributed by atoms with Gasteiger partial charge in [0.1, 0.15) is 12.3 Å². The number of nitrogens with one attached hydrogen (secondary N) is 3. The SMILES string of the molecule is CCNC(=S)N/N=C(\C)c1ccc(O)c(C[NH+]2CCCCC2)c1. The van der Waals surface area contributed by atoms with Gasteiger partial charge in [0.05, 0.1) is 18.8 Å². The van der Waals surface area contributed by atoms with Crippen molar-refractivity contribution in [3.05, 3.63) is 29.3 Å². The number of phenolic OH excluding ortho intramolecular Hbond substituents is 1. The molecule has 0 spiro atoms.